The highest BCUT2D eigenvalue weighted by atomic mass is 16.1. The van der Waals surface area contributed by atoms with Crippen LogP contribution in [0.4, 0.5) is 0 Å². The van der Waals surface area contributed by atoms with Crippen molar-refractivity contribution >= 4 is 16.8 Å². The molecule has 136 valence electrons. The van der Waals surface area contributed by atoms with Crippen LogP contribution in [0.1, 0.15) is 47.1 Å². The second-order valence-electron chi connectivity index (χ2n) is 7.06. The van der Waals surface area contributed by atoms with Crippen LogP contribution in [0.2, 0.25) is 0 Å². The molecular weight excluding hydrogens is 326 g/mol. The van der Waals surface area contributed by atoms with E-state index in [4.69, 9.17) is 0 Å². The van der Waals surface area contributed by atoms with Gasteiger partial charge in [0.25, 0.3) is 5.91 Å². The highest BCUT2D eigenvalue weighted by Crippen LogP contribution is 2.33. The summed E-state index contributed by atoms with van der Waals surface area (Å²) >= 11 is 0. The zero-order chi connectivity index (χ0) is 18.1. The van der Waals surface area contributed by atoms with Crippen LogP contribution >= 0.6 is 0 Å². The van der Waals surface area contributed by atoms with E-state index in [0.29, 0.717) is 11.7 Å². The van der Waals surface area contributed by atoms with E-state index in [2.05, 4.69) is 44.7 Å². The third-order valence-corrected chi connectivity index (χ3v) is 5.47. The summed E-state index contributed by atoms with van der Waals surface area (Å²) < 4.78 is 2.04. The molecule has 4 rings (SSSR count). The summed E-state index contributed by atoms with van der Waals surface area (Å²) in [5, 5.41) is 11.0. The number of piperidine rings is 1. The maximum atomic E-state index is 12.0. The fourth-order valence-corrected chi connectivity index (χ4v) is 4.05. The highest BCUT2D eigenvalue weighted by Gasteiger charge is 2.27. The normalized spacial score (nSPS) is 18.3. The zero-order valence-corrected chi connectivity index (χ0v) is 15.3. The van der Waals surface area contributed by atoms with Crippen LogP contribution in [0.5, 0.6) is 0 Å². The molecule has 1 aliphatic rings. The number of aromatic nitrogens is 3. The zero-order valence-electron chi connectivity index (χ0n) is 15.3. The standard InChI is InChI=1S/C20H25N5O/c1-21-20(26)19-9-8-17(24(19)2)18-5-3-4-10-25(18)13-14-6-7-15-12-22-23-16(15)11-14/h6-9,11-12,18H,3-5,10,13H2,1-2H3,(H,21,26)(H,22,23)/t18-/m0/s1. The van der Waals surface area contributed by atoms with Crippen molar-refractivity contribution in [2.45, 2.75) is 31.8 Å². The van der Waals surface area contributed by atoms with Gasteiger partial charge < -0.3 is 9.88 Å². The minimum Gasteiger partial charge on any atom is -0.354 e. The predicted molar refractivity (Wildman–Crippen MR) is 102 cm³/mol. The van der Waals surface area contributed by atoms with Crippen LogP contribution in [-0.2, 0) is 13.6 Å². The number of benzene rings is 1. The number of rotatable bonds is 4. The Hall–Kier alpha value is -2.60. The Bertz CT molecular complexity index is 925. The van der Waals surface area contributed by atoms with Gasteiger partial charge in [-0.3, -0.25) is 14.8 Å². The van der Waals surface area contributed by atoms with Gasteiger partial charge in [0, 0.05) is 31.7 Å². The molecule has 2 aromatic heterocycles. The van der Waals surface area contributed by atoms with Gasteiger partial charge in [0.05, 0.1) is 17.8 Å². The molecule has 6 nitrogen and oxygen atoms in total. The van der Waals surface area contributed by atoms with E-state index in [9.17, 15) is 4.79 Å². The van der Waals surface area contributed by atoms with Gasteiger partial charge in [-0.25, -0.2) is 0 Å². The molecule has 6 heteroatoms. The maximum Gasteiger partial charge on any atom is 0.267 e. The first-order chi connectivity index (χ1) is 12.7. The van der Waals surface area contributed by atoms with E-state index in [0.717, 1.165) is 30.4 Å². The summed E-state index contributed by atoms with van der Waals surface area (Å²) in [4.78, 5) is 14.6. The van der Waals surface area contributed by atoms with E-state index in [1.165, 1.54) is 24.1 Å². The topological polar surface area (TPSA) is 66.0 Å². The molecule has 0 unspecified atom stereocenters. The van der Waals surface area contributed by atoms with Crippen molar-refractivity contribution in [3.63, 3.8) is 0 Å². The molecule has 1 atom stereocenters. The van der Waals surface area contributed by atoms with Crippen LogP contribution < -0.4 is 5.32 Å². The Balaban J connectivity index is 1.60. The molecule has 0 saturated carbocycles. The molecule has 0 spiro atoms. The number of H-pyrrole nitrogens is 1. The Kier molecular flexibility index (Phi) is 4.51. The number of carbonyl (C=O) groups is 1. The second-order valence-corrected chi connectivity index (χ2v) is 7.06. The van der Waals surface area contributed by atoms with Crippen molar-refractivity contribution in [1.29, 1.82) is 0 Å². The summed E-state index contributed by atoms with van der Waals surface area (Å²) in [6, 6.07) is 10.9. The summed E-state index contributed by atoms with van der Waals surface area (Å²) in [6.07, 6.45) is 5.42. The Morgan fingerprint density at radius 1 is 1.31 bits per heavy atom. The molecule has 3 aromatic rings. The van der Waals surface area contributed by atoms with Crippen molar-refractivity contribution in [2.24, 2.45) is 7.05 Å². The smallest absolute Gasteiger partial charge is 0.267 e. The number of likely N-dealkylation sites (tertiary alicyclic amines) is 1. The third-order valence-electron chi connectivity index (χ3n) is 5.47. The molecule has 1 saturated heterocycles. The first-order valence-corrected chi connectivity index (χ1v) is 9.21. The largest absolute Gasteiger partial charge is 0.354 e. The maximum absolute atomic E-state index is 12.0. The first-order valence-electron chi connectivity index (χ1n) is 9.21. The molecule has 1 amide bonds. The monoisotopic (exact) mass is 351 g/mol. The molecule has 1 fully saturated rings. The average Bonchev–Trinajstić information content (AvgIpc) is 3.28. The summed E-state index contributed by atoms with van der Waals surface area (Å²) in [5.74, 6) is -0.0363. The molecule has 1 aromatic carbocycles. The summed E-state index contributed by atoms with van der Waals surface area (Å²) in [7, 11) is 3.66. The predicted octanol–water partition coefficient (Wildman–Crippen LogP) is 2.99. The Labute approximate surface area is 153 Å². The number of fused-ring (bicyclic) bond motifs is 1. The van der Waals surface area contributed by atoms with Gasteiger partial charge >= 0.3 is 0 Å². The number of nitrogens with zero attached hydrogens (tertiary/aromatic N) is 3. The third kappa shape index (κ3) is 3.01. The van der Waals surface area contributed by atoms with E-state index in [1.54, 1.807) is 7.05 Å². The molecule has 0 aliphatic carbocycles. The lowest BCUT2D eigenvalue weighted by molar-refractivity contribution is 0.0952. The summed E-state index contributed by atoms with van der Waals surface area (Å²) in [5.41, 5.74) is 4.30. The molecule has 2 N–H and O–H groups in total. The number of nitrogens with one attached hydrogen (secondary N) is 2. The quantitative estimate of drug-likeness (QED) is 0.759. The van der Waals surface area contributed by atoms with Crippen molar-refractivity contribution in [1.82, 2.24) is 25.0 Å². The summed E-state index contributed by atoms with van der Waals surface area (Å²) in [6.45, 7) is 1.98. The van der Waals surface area contributed by atoms with Crippen molar-refractivity contribution in [3.8, 4) is 0 Å². The van der Waals surface area contributed by atoms with Gasteiger partial charge in [-0.05, 0) is 43.1 Å². The van der Waals surface area contributed by atoms with Gasteiger partial charge in [-0.2, -0.15) is 5.10 Å². The number of hydrogen-bond donors (Lipinski definition) is 2. The van der Waals surface area contributed by atoms with Gasteiger partial charge in [0.1, 0.15) is 5.69 Å². The van der Waals surface area contributed by atoms with Crippen molar-refractivity contribution in [3.05, 3.63) is 53.5 Å². The molecular formula is C20H25N5O. The lowest BCUT2D eigenvalue weighted by Crippen LogP contribution is -2.34. The lowest BCUT2D eigenvalue weighted by atomic mass is 9.98. The van der Waals surface area contributed by atoms with Crippen LogP contribution in [0.25, 0.3) is 10.9 Å². The van der Waals surface area contributed by atoms with Crippen LogP contribution in [-0.4, -0.2) is 39.2 Å². The SMILES string of the molecule is CNC(=O)c1ccc([C@@H]2CCCCN2Cc2ccc3cn[nH]c3c2)n1C. The number of carbonyl (C=O) groups excluding carboxylic acids is 1. The Morgan fingerprint density at radius 2 is 2.19 bits per heavy atom. The first kappa shape index (κ1) is 16.8. The average molecular weight is 351 g/mol. The lowest BCUT2D eigenvalue weighted by Gasteiger charge is -2.36. The van der Waals surface area contributed by atoms with E-state index in [-0.39, 0.29) is 5.91 Å². The minimum atomic E-state index is -0.0363. The number of amides is 1. The molecule has 3 heterocycles. The van der Waals surface area contributed by atoms with Gasteiger partial charge in [-0.15, -0.1) is 0 Å². The fourth-order valence-electron chi connectivity index (χ4n) is 4.05. The van der Waals surface area contributed by atoms with Crippen LogP contribution in [0, 0.1) is 0 Å². The van der Waals surface area contributed by atoms with Crippen molar-refractivity contribution in [2.75, 3.05) is 13.6 Å². The molecule has 0 bridgehead atoms. The van der Waals surface area contributed by atoms with Gasteiger partial charge in [0.15, 0.2) is 0 Å². The minimum absolute atomic E-state index is 0.0363. The molecule has 26 heavy (non-hydrogen) atoms. The second kappa shape index (κ2) is 6.96. The molecule has 0 radical (unpaired) electrons. The highest BCUT2D eigenvalue weighted by molar-refractivity contribution is 5.92. The Morgan fingerprint density at radius 3 is 3.04 bits per heavy atom. The number of aromatic amines is 1. The van der Waals surface area contributed by atoms with E-state index in [1.807, 2.05) is 23.9 Å². The van der Waals surface area contributed by atoms with Gasteiger partial charge in [-0.1, -0.05) is 18.6 Å². The number of hydrogen-bond acceptors (Lipinski definition) is 3. The molecule has 1 aliphatic heterocycles. The fraction of sp³-hybridized carbons (Fsp3) is 0.400. The van der Waals surface area contributed by atoms with Crippen LogP contribution in [0.15, 0.2) is 36.5 Å². The van der Waals surface area contributed by atoms with E-state index < -0.39 is 0 Å². The van der Waals surface area contributed by atoms with Gasteiger partial charge in [0.2, 0.25) is 0 Å². The van der Waals surface area contributed by atoms with E-state index >= 15 is 0 Å². The van der Waals surface area contributed by atoms with Crippen LogP contribution in [0.3, 0.4) is 0 Å². The van der Waals surface area contributed by atoms with Crippen molar-refractivity contribution < 1.29 is 4.79 Å².